The average Bonchev–Trinajstić information content (AvgIpc) is 2.90. The van der Waals surface area contributed by atoms with Gasteiger partial charge in [0.25, 0.3) is 11.8 Å². The van der Waals surface area contributed by atoms with Crippen LogP contribution in [0.4, 0.5) is 5.69 Å². The summed E-state index contributed by atoms with van der Waals surface area (Å²) in [5.41, 5.74) is 5.95. The van der Waals surface area contributed by atoms with E-state index in [0.717, 1.165) is 6.07 Å². The number of aliphatic carboxylic acids is 1. The van der Waals surface area contributed by atoms with Crippen LogP contribution >= 0.6 is 0 Å². The number of carboxylic acids is 1. The molecule has 2 amide bonds. The van der Waals surface area contributed by atoms with Crippen molar-refractivity contribution in [2.24, 2.45) is 11.7 Å². The molecule has 0 aliphatic heterocycles. The van der Waals surface area contributed by atoms with Gasteiger partial charge in [0.1, 0.15) is 11.9 Å². The van der Waals surface area contributed by atoms with Crippen LogP contribution in [0.5, 0.6) is 0 Å². The Balaban J connectivity index is 2.06. The number of nitrogen functional groups attached to an aromatic ring is 1. The van der Waals surface area contributed by atoms with E-state index < -0.39 is 45.8 Å². The molecule has 0 unspecified atom stereocenters. The van der Waals surface area contributed by atoms with Crippen LogP contribution in [0, 0.1) is 11.3 Å². The fraction of sp³-hybridized carbons (Fsp3) is 0.185. The molecule has 0 saturated carbocycles. The number of nitrogens with two attached hydrogens (primary N) is 1. The molecule has 214 valence electrons. The van der Waals surface area contributed by atoms with Gasteiger partial charge >= 0.3 is 22.1 Å². The molecule has 13 nitrogen and oxygen atoms in total. The fourth-order valence-electron chi connectivity index (χ4n) is 3.75. The lowest BCUT2D eigenvalue weighted by Gasteiger charge is -2.19. The Kier molecular flexibility index (Phi) is 9.19. The monoisotopic (exact) mass is 581 g/mol. The van der Waals surface area contributed by atoms with Crippen LogP contribution in [-0.2, 0) is 19.1 Å². The van der Waals surface area contributed by atoms with Crippen molar-refractivity contribution in [3.8, 4) is 11.1 Å². The first-order valence-electron chi connectivity index (χ1n) is 12.0. The molecule has 3 aromatic rings. The molecule has 0 radical (unpaired) electrons. The number of anilines is 1. The summed E-state index contributed by atoms with van der Waals surface area (Å²) in [6, 6.07) is 9.95. The largest absolute Gasteiger partial charge is 0.480 e. The quantitative estimate of drug-likeness (QED) is 0.133. The Morgan fingerprint density at radius 3 is 2.15 bits per heavy atom. The SMILES string of the molecule is CC(C)[C@H](NC(=O)c1ccc(-c2cnccc2C(=O)Nc2ccc(C(=N)N)cc2)c(C(=O)OS(C)(=O)=O)c1)C(=O)O. The van der Waals surface area contributed by atoms with Crippen molar-refractivity contribution in [2.75, 3.05) is 11.6 Å². The molecule has 0 bridgehead atoms. The Labute approximate surface area is 235 Å². The van der Waals surface area contributed by atoms with Crippen LogP contribution < -0.4 is 16.4 Å². The fourth-order valence-corrected chi connectivity index (χ4v) is 4.11. The predicted octanol–water partition coefficient (Wildman–Crippen LogP) is 2.24. The number of rotatable bonds is 10. The van der Waals surface area contributed by atoms with Crippen LogP contribution in [0.2, 0.25) is 0 Å². The molecule has 14 heteroatoms. The zero-order valence-corrected chi connectivity index (χ0v) is 23.0. The lowest BCUT2D eigenvalue weighted by molar-refractivity contribution is -0.140. The second-order valence-corrected chi connectivity index (χ2v) is 10.8. The zero-order chi connectivity index (χ0) is 30.5. The maximum atomic E-state index is 13.2. The molecular weight excluding hydrogens is 554 g/mol. The van der Waals surface area contributed by atoms with Crippen molar-refractivity contribution in [1.82, 2.24) is 10.3 Å². The van der Waals surface area contributed by atoms with Crippen molar-refractivity contribution in [1.29, 1.82) is 5.41 Å². The normalized spacial score (nSPS) is 11.8. The summed E-state index contributed by atoms with van der Waals surface area (Å²) in [5.74, 6) is -4.63. The molecule has 0 spiro atoms. The standard InChI is InChI=1S/C27H27N5O8S/c1-14(2)22(26(35)36)32-24(33)16-6-9-18(20(12-16)27(37)40-41(3,38)39)21-13-30-11-10-19(21)25(34)31-17-7-4-15(5-8-17)23(28)29/h4-14,22H,1-3H3,(H3,28,29)(H,31,34)(H,32,33)(H,35,36)/t22-/m0/s1. The van der Waals surface area contributed by atoms with Crippen LogP contribution in [0.3, 0.4) is 0 Å². The summed E-state index contributed by atoms with van der Waals surface area (Å²) in [6.07, 6.45) is 3.28. The second-order valence-electron chi connectivity index (χ2n) is 9.24. The van der Waals surface area contributed by atoms with Gasteiger partial charge in [-0.1, -0.05) is 19.9 Å². The van der Waals surface area contributed by atoms with Crippen molar-refractivity contribution in [3.05, 3.63) is 83.2 Å². The second kappa shape index (κ2) is 12.4. The number of nitrogens with zero attached hydrogens (tertiary/aromatic N) is 1. The Morgan fingerprint density at radius 1 is 0.951 bits per heavy atom. The highest BCUT2D eigenvalue weighted by Crippen LogP contribution is 2.29. The number of amidine groups is 1. The van der Waals surface area contributed by atoms with E-state index in [2.05, 4.69) is 19.8 Å². The molecule has 1 aromatic heterocycles. The third-order valence-corrected chi connectivity index (χ3v) is 6.21. The molecule has 0 saturated heterocycles. The van der Waals surface area contributed by atoms with Crippen molar-refractivity contribution >= 4 is 45.4 Å². The van der Waals surface area contributed by atoms with E-state index in [1.807, 2.05) is 0 Å². The molecule has 0 fully saturated rings. The van der Waals surface area contributed by atoms with Crippen molar-refractivity contribution in [3.63, 3.8) is 0 Å². The highest BCUT2D eigenvalue weighted by atomic mass is 32.2. The summed E-state index contributed by atoms with van der Waals surface area (Å²) >= 11 is 0. The molecule has 1 atom stereocenters. The number of aromatic nitrogens is 1. The third kappa shape index (κ3) is 7.73. The van der Waals surface area contributed by atoms with Crippen molar-refractivity contribution < 1.29 is 36.9 Å². The lowest BCUT2D eigenvalue weighted by atomic mass is 9.94. The summed E-state index contributed by atoms with van der Waals surface area (Å²) in [4.78, 5) is 54.6. The van der Waals surface area contributed by atoms with Gasteiger partial charge in [-0.2, -0.15) is 8.42 Å². The van der Waals surface area contributed by atoms with E-state index in [1.165, 1.54) is 30.6 Å². The molecule has 2 aromatic carbocycles. The first-order valence-corrected chi connectivity index (χ1v) is 13.8. The van der Waals surface area contributed by atoms with Crippen LogP contribution in [-0.4, -0.2) is 60.4 Å². The summed E-state index contributed by atoms with van der Waals surface area (Å²) in [6.45, 7) is 3.20. The molecule has 41 heavy (non-hydrogen) atoms. The van der Waals surface area contributed by atoms with Gasteiger partial charge in [-0.25, -0.2) is 9.59 Å². The van der Waals surface area contributed by atoms with E-state index in [0.29, 0.717) is 17.5 Å². The Bertz CT molecular complexity index is 1640. The Morgan fingerprint density at radius 2 is 1.59 bits per heavy atom. The van der Waals surface area contributed by atoms with Crippen LogP contribution in [0.1, 0.15) is 50.5 Å². The Hall–Kier alpha value is -5.11. The van der Waals surface area contributed by atoms with Gasteiger partial charge in [0, 0.05) is 34.8 Å². The van der Waals surface area contributed by atoms with Gasteiger partial charge in [0.2, 0.25) is 0 Å². The zero-order valence-electron chi connectivity index (χ0n) is 22.2. The molecule has 0 aliphatic rings. The predicted molar refractivity (Wildman–Crippen MR) is 149 cm³/mol. The number of carbonyl (C=O) groups excluding carboxylic acids is 3. The van der Waals surface area contributed by atoms with Crippen LogP contribution in [0.25, 0.3) is 11.1 Å². The topological polar surface area (TPSA) is 219 Å². The number of hydrogen-bond acceptors (Lipinski definition) is 9. The third-order valence-electron chi connectivity index (χ3n) is 5.76. The average molecular weight is 582 g/mol. The number of amides is 2. The maximum Gasteiger partial charge on any atom is 0.354 e. The number of benzene rings is 2. The highest BCUT2D eigenvalue weighted by Gasteiger charge is 2.27. The van der Waals surface area contributed by atoms with Gasteiger partial charge in [0.15, 0.2) is 0 Å². The maximum absolute atomic E-state index is 13.2. The number of carbonyl (C=O) groups is 4. The minimum absolute atomic E-state index is 0.0269. The van der Waals surface area contributed by atoms with E-state index in [-0.39, 0.29) is 33.7 Å². The van der Waals surface area contributed by atoms with Gasteiger partial charge in [-0.3, -0.25) is 20.0 Å². The molecule has 6 N–H and O–H groups in total. The van der Waals surface area contributed by atoms with E-state index in [4.69, 9.17) is 11.1 Å². The van der Waals surface area contributed by atoms with Gasteiger partial charge in [0.05, 0.1) is 17.4 Å². The first kappa shape index (κ1) is 30.4. The van der Waals surface area contributed by atoms with E-state index in [9.17, 15) is 32.7 Å². The summed E-state index contributed by atoms with van der Waals surface area (Å²) in [7, 11) is -4.27. The van der Waals surface area contributed by atoms with Crippen molar-refractivity contribution in [2.45, 2.75) is 19.9 Å². The minimum atomic E-state index is -4.27. The molecule has 1 heterocycles. The summed E-state index contributed by atoms with van der Waals surface area (Å²) < 4.78 is 28.0. The molecular formula is C27H27N5O8S. The van der Waals surface area contributed by atoms with Crippen LogP contribution in [0.15, 0.2) is 60.9 Å². The molecule has 3 rings (SSSR count). The molecule has 0 aliphatic carbocycles. The van der Waals surface area contributed by atoms with Gasteiger partial charge in [-0.05, 0) is 53.9 Å². The van der Waals surface area contributed by atoms with E-state index in [1.54, 1.807) is 38.1 Å². The van der Waals surface area contributed by atoms with Gasteiger partial charge < -0.3 is 25.7 Å². The van der Waals surface area contributed by atoms with E-state index >= 15 is 0 Å². The number of hydrogen-bond donors (Lipinski definition) is 5. The number of nitrogens with one attached hydrogen (secondary N) is 3. The number of pyridine rings is 1. The summed E-state index contributed by atoms with van der Waals surface area (Å²) in [5, 5.41) is 21.9. The smallest absolute Gasteiger partial charge is 0.354 e. The highest BCUT2D eigenvalue weighted by molar-refractivity contribution is 7.86. The minimum Gasteiger partial charge on any atom is -0.480 e. The first-order chi connectivity index (χ1) is 19.2. The van der Waals surface area contributed by atoms with Gasteiger partial charge in [-0.15, -0.1) is 0 Å². The number of carboxylic acid groups (broad SMARTS) is 1. The lowest BCUT2D eigenvalue weighted by Crippen LogP contribution is -2.44.